The zero-order valence-electron chi connectivity index (χ0n) is 14.6. The van der Waals surface area contributed by atoms with Crippen molar-refractivity contribution in [1.29, 1.82) is 0 Å². The molecule has 3 rings (SSSR count). The average molecular weight is 354 g/mol. The number of hydrogen-bond acceptors (Lipinski definition) is 2. The lowest BCUT2D eigenvalue weighted by Crippen LogP contribution is -2.36. The molecule has 5 heteroatoms. The summed E-state index contributed by atoms with van der Waals surface area (Å²) in [5.74, 6) is -0.705. The molecule has 1 fully saturated rings. The third-order valence-corrected chi connectivity index (χ3v) is 4.69. The van der Waals surface area contributed by atoms with Crippen molar-refractivity contribution in [1.82, 2.24) is 10.6 Å². The van der Waals surface area contributed by atoms with Gasteiger partial charge in [0, 0.05) is 23.7 Å². The van der Waals surface area contributed by atoms with Crippen LogP contribution in [0.4, 0.5) is 4.39 Å². The largest absolute Gasteiger partial charge is 0.349 e. The smallest absolute Gasteiger partial charge is 0.251 e. The molecule has 26 heavy (non-hydrogen) atoms. The predicted molar refractivity (Wildman–Crippen MR) is 98.4 cm³/mol. The van der Waals surface area contributed by atoms with Gasteiger partial charge in [-0.3, -0.25) is 9.59 Å². The fourth-order valence-corrected chi connectivity index (χ4v) is 3.20. The number of nitrogens with one attached hydrogen (secondary N) is 2. The fourth-order valence-electron chi connectivity index (χ4n) is 3.20. The highest BCUT2D eigenvalue weighted by Crippen LogP contribution is 2.18. The Morgan fingerprint density at radius 1 is 0.923 bits per heavy atom. The first-order valence-corrected chi connectivity index (χ1v) is 9.05. The lowest BCUT2D eigenvalue weighted by molar-refractivity contribution is 0.0927. The van der Waals surface area contributed by atoms with Crippen molar-refractivity contribution in [2.45, 2.75) is 44.7 Å². The van der Waals surface area contributed by atoms with Gasteiger partial charge in [-0.2, -0.15) is 0 Å². The molecule has 2 amide bonds. The molecule has 0 saturated heterocycles. The second-order valence-electron chi connectivity index (χ2n) is 6.70. The first-order valence-electron chi connectivity index (χ1n) is 9.05. The van der Waals surface area contributed by atoms with Gasteiger partial charge in [0.25, 0.3) is 11.8 Å². The number of hydrogen-bond donors (Lipinski definition) is 2. The lowest BCUT2D eigenvalue weighted by Gasteiger charge is -2.22. The molecule has 0 spiro atoms. The number of benzene rings is 2. The van der Waals surface area contributed by atoms with E-state index in [1.807, 2.05) is 0 Å². The Balaban J connectivity index is 1.59. The van der Waals surface area contributed by atoms with Crippen LogP contribution in [0.1, 0.15) is 58.4 Å². The topological polar surface area (TPSA) is 58.2 Å². The van der Waals surface area contributed by atoms with Crippen LogP contribution in [0.2, 0.25) is 0 Å². The number of rotatable bonds is 5. The Morgan fingerprint density at radius 2 is 1.58 bits per heavy atom. The molecule has 1 aliphatic rings. The van der Waals surface area contributed by atoms with E-state index >= 15 is 0 Å². The van der Waals surface area contributed by atoms with Crippen LogP contribution in [0.15, 0.2) is 48.5 Å². The van der Waals surface area contributed by atoms with Crippen LogP contribution in [0.3, 0.4) is 0 Å². The van der Waals surface area contributed by atoms with E-state index in [2.05, 4.69) is 10.6 Å². The molecule has 136 valence electrons. The van der Waals surface area contributed by atoms with Gasteiger partial charge in [-0.25, -0.2) is 4.39 Å². The van der Waals surface area contributed by atoms with Crippen molar-refractivity contribution in [2.75, 3.05) is 0 Å². The van der Waals surface area contributed by atoms with Crippen molar-refractivity contribution < 1.29 is 14.0 Å². The summed E-state index contributed by atoms with van der Waals surface area (Å²) in [5, 5.41) is 5.85. The molecular formula is C21H23FN2O2. The number of amides is 2. The van der Waals surface area contributed by atoms with Gasteiger partial charge in [-0.1, -0.05) is 37.5 Å². The normalized spacial score (nSPS) is 14.7. The first-order chi connectivity index (χ1) is 12.6. The van der Waals surface area contributed by atoms with Crippen molar-refractivity contribution in [3.8, 4) is 0 Å². The van der Waals surface area contributed by atoms with Gasteiger partial charge in [0.05, 0.1) is 0 Å². The molecule has 2 aromatic carbocycles. The van der Waals surface area contributed by atoms with E-state index in [9.17, 15) is 14.0 Å². The summed E-state index contributed by atoms with van der Waals surface area (Å²) >= 11 is 0. The Labute approximate surface area is 152 Å². The molecule has 1 saturated carbocycles. The SMILES string of the molecule is O=C(NCc1ccc(F)cc1)c1cccc(C(=O)NC2CCCCC2)c1. The van der Waals surface area contributed by atoms with E-state index < -0.39 is 0 Å². The van der Waals surface area contributed by atoms with Crippen molar-refractivity contribution in [3.05, 3.63) is 71.0 Å². The van der Waals surface area contributed by atoms with Gasteiger partial charge in [0.2, 0.25) is 0 Å². The maximum Gasteiger partial charge on any atom is 0.251 e. The fraction of sp³-hybridized carbons (Fsp3) is 0.333. The molecule has 0 radical (unpaired) electrons. The van der Waals surface area contributed by atoms with Gasteiger partial charge in [-0.05, 0) is 48.7 Å². The quantitative estimate of drug-likeness (QED) is 0.858. The van der Waals surface area contributed by atoms with Crippen LogP contribution < -0.4 is 10.6 Å². The van der Waals surface area contributed by atoms with E-state index in [0.717, 1.165) is 31.2 Å². The van der Waals surface area contributed by atoms with Crippen LogP contribution in [-0.4, -0.2) is 17.9 Å². The standard InChI is InChI=1S/C21H23FN2O2/c22-18-11-9-15(10-12-18)14-23-20(25)16-5-4-6-17(13-16)21(26)24-19-7-2-1-3-8-19/h4-6,9-13,19H,1-3,7-8,14H2,(H,23,25)(H,24,26). The maximum absolute atomic E-state index is 12.9. The van der Waals surface area contributed by atoms with Crippen molar-refractivity contribution in [2.24, 2.45) is 0 Å². The second kappa shape index (κ2) is 8.61. The van der Waals surface area contributed by atoms with E-state index in [1.165, 1.54) is 18.6 Å². The van der Waals surface area contributed by atoms with Crippen molar-refractivity contribution in [3.63, 3.8) is 0 Å². The molecule has 2 N–H and O–H groups in total. The summed E-state index contributed by atoms with van der Waals surface area (Å²) in [6.45, 7) is 0.303. The van der Waals surface area contributed by atoms with Crippen LogP contribution in [-0.2, 0) is 6.54 Å². The van der Waals surface area contributed by atoms with E-state index in [0.29, 0.717) is 17.7 Å². The lowest BCUT2D eigenvalue weighted by atomic mass is 9.95. The number of carbonyl (C=O) groups is 2. The Bertz CT molecular complexity index is 768. The minimum absolute atomic E-state index is 0.134. The molecule has 1 aliphatic carbocycles. The van der Waals surface area contributed by atoms with Crippen LogP contribution in [0.25, 0.3) is 0 Å². The molecule has 0 atom stereocenters. The molecule has 2 aromatic rings. The summed E-state index contributed by atoms with van der Waals surface area (Å²) in [6.07, 6.45) is 5.57. The Hall–Kier alpha value is -2.69. The average Bonchev–Trinajstić information content (AvgIpc) is 2.68. The molecular weight excluding hydrogens is 331 g/mol. The van der Waals surface area contributed by atoms with E-state index in [1.54, 1.807) is 36.4 Å². The van der Waals surface area contributed by atoms with Gasteiger partial charge in [0.15, 0.2) is 0 Å². The summed E-state index contributed by atoms with van der Waals surface area (Å²) in [5.41, 5.74) is 1.74. The molecule has 0 aliphatic heterocycles. The zero-order chi connectivity index (χ0) is 18.4. The molecule has 4 nitrogen and oxygen atoms in total. The number of carbonyl (C=O) groups excluding carboxylic acids is 2. The third kappa shape index (κ3) is 4.91. The molecule has 0 unspecified atom stereocenters. The van der Waals surface area contributed by atoms with Gasteiger partial charge in [-0.15, -0.1) is 0 Å². The maximum atomic E-state index is 12.9. The minimum Gasteiger partial charge on any atom is -0.349 e. The van der Waals surface area contributed by atoms with Crippen molar-refractivity contribution >= 4 is 11.8 Å². The Kier molecular flexibility index (Phi) is 6.00. The molecule has 0 aromatic heterocycles. The van der Waals surface area contributed by atoms with Gasteiger partial charge in [0.1, 0.15) is 5.82 Å². The summed E-state index contributed by atoms with van der Waals surface area (Å²) in [7, 11) is 0. The van der Waals surface area contributed by atoms with E-state index in [-0.39, 0.29) is 23.7 Å². The summed E-state index contributed by atoms with van der Waals surface area (Å²) in [6, 6.07) is 12.9. The number of halogens is 1. The highest BCUT2D eigenvalue weighted by molar-refractivity contribution is 5.99. The molecule has 0 bridgehead atoms. The van der Waals surface area contributed by atoms with Crippen LogP contribution in [0, 0.1) is 5.82 Å². The summed E-state index contributed by atoms with van der Waals surface area (Å²) in [4.78, 5) is 24.8. The van der Waals surface area contributed by atoms with Crippen LogP contribution in [0.5, 0.6) is 0 Å². The molecule has 0 heterocycles. The minimum atomic E-state index is -0.309. The third-order valence-electron chi connectivity index (χ3n) is 4.69. The monoisotopic (exact) mass is 354 g/mol. The Morgan fingerprint density at radius 3 is 2.27 bits per heavy atom. The second-order valence-corrected chi connectivity index (χ2v) is 6.70. The van der Waals surface area contributed by atoms with E-state index in [4.69, 9.17) is 0 Å². The zero-order valence-corrected chi connectivity index (χ0v) is 14.6. The first kappa shape index (κ1) is 18.1. The summed E-state index contributed by atoms with van der Waals surface area (Å²) < 4.78 is 12.9. The van der Waals surface area contributed by atoms with Gasteiger partial charge < -0.3 is 10.6 Å². The highest BCUT2D eigenvalue weighted by atomic mass is 19.1. The van der Waals surface area contributed by atoms with Gasteiger partial charge >= 0.3 is 0 Å². The van der Waals surface area contributed by atoms with Crippen LogP contribution >= 0.6 is 0 Å². The predicted octanol–water partition coefficient (Wildman–Crippen LogP) is 3.82. The highest BCUT2D eigenvalue weighted by Gasteiger charge is 2.17.